The molecular formula is C7H15N3O3. The number of amides is 1. The van der Waals surface area contributed by atoms with Crippen LogP contribution >= 0.6 is 0 Å². The molecule has 6 N–H and O–H groups in total. The van der Waals surface area contributed by atoms with Crippen molar-refractivity contribution in [2.24, 2.45) is 17.2 Å². The maximum Gasteiger partial charge on any atom is 0.325 e. The van der Waals surface area contributed by atoms with Crippen LogP contribution in [0.25, 0.3) is 0 Å². The van der Waals surface area contributed by atoms with Crippen LogP contribution in [0.3, 0.4) is 0 Å². The van der Waals surface area contributed by atoms with Crippen LogP contribution in [0.4, 0.5) is 0 Å². The Morgan fingerprint density at radius 1 is 1.46 bits per heavy atom. The maximum atomic E-state index is 11.1. The van der Waals surface area contributed by atoms with Crippen LogP contribution in [0.5, 0.6) is 0 Å². The van der Waals surface area contributed by atoms with E-state index in [1.807, 2.05) is 0 Å². The first-order chi connectivity index (χ1) is 5.72. The van der Waals surface area contributed by atoms with Crippen LogP contribution in [-0.4, -0.2) is 23.6 Å². The van der Waals surface area contributed by atoms with Gasteiger partial charge in [-0.05, 0) is 13.8 Å². The summed E-state index contributed by atoms with van der Waals surface area (Å²) >= 11 is 0. The molecule has 6 nitrogen and oxygen atoms in total. The number of carbonyl (C=O) groups excluding carboxylic acids is 2. The Bertz CT molecular complexity index is 210. The van der Waals surface area contributed by atoms with Gasteiger partial charge >= 0.3 is 5.97 Å². The number of carbonyl (C=O) groups is 2. The molecule has 13 heavy (non-hydrogen) atoms. The highest BCUT2D eigenvalue weighted by molar-refractivity contribution is 5.84. The van der Waals surface area contributed by atoms with E-state index in [2.05, 4.69) is 0 Å². The van der Waals surface area contributed by atoms with Gasteiger partial charge in [-0.15, -0.1) is 0 Å². The lowest BCUT2D eigenvalue weighted by atomic mass is 10.2. The lowest BCUT2D eigenvalue weighted by Gasteiger charge is -2.21. The summed E-state index contributed by atoms with van der Waals surface area (Å²) in [5.41, 5.74) is 14.4. The van der Waals surface area contributed by atoms with E-state index in [1.54, 1.807) is 0 Å². The number of hydrogen-bond acceptors (Lipinski definition) is 5. The molecule has 0 saturated carbocycles. The zero-order valence-corrected chi connectivity index (χ0v) is 7.74. The highest BCUT2D eigenvalue weighted by Crippen LogP contribution is 2.02. The first-order valence-corrected chi connectivity index (χ1v) is 3.78. The van der Waals surface area contributed by atoms with Gasteiger partial charge in [-0.2, -0.15) is 0 Å². The summed E-state index contributed by atoms with van der Waals surface area (Å²) < 4.78 is 4.71. The Morgan fingerprint density at radius 2 is 1.92 bits per heavy atom. The molecule has 1 amide bonds. The van der Waals surface area contributed by atoms with Crippen molar-refractivity contribution in [3.63, 3.8) is 0 Å². The molecule has 0 aromatic carbocycles. The maximum absolute atomic E-state index is 11.1. The van der Waals surface area contributed by atoms with Crippen molar-refractivity contribution < 1.29 is 14.3 Å². The average Bonchev–Trinajstić information content (AvgIpc) is 1.81. The third-order valence-corrected chi connectivity index (χ3v) is 1.09. The molecule has 0 rings (SSSR count). The zero-order chi connectivity index (χ0) is 10.6. The molecule has 76 valence electrons. The number of ether oxygens (including phenoxy) is 1. The minimum atomic E-state index is -1.09. The largest absolute Gasteiger partial charge is 0.444 e. The second kappa shape index (κ2) is 4.20. The highest BCUT2D eigenvalue weighted by Gasteiger charge is 2.23. The topological polar surface area (TPSA) is 121 Å². The normalized spacial score (nSPS) is 13.5. The fourth-order valence-corrected chi connectivity index (χ4v) is 0.635. The molecule has 0 aliphatic heterocycles. The van der Waals surface area contributed by atoms with Gasteiger partial charge in [0.05, 0.1) is 6.42 Å². The zero-order valence-electron chi connectivity index (χ0n) is 7.74. The molecule has 0 unspecified atom stereocenters. The van der Waals surface area contributed by atoms with Crippen LogP contribution in [-0.2, 0) is 14.3 Å². The molecular weight excluding hydrogens is 174 g/mol. The van der Waals surface area contributed by atoms with E-state index >= 15 is 0 Å². The molecule has 0 fully saturated rings. The van der Waals surface area contributed by atoms with Gasteiger partial charge in [-0.3, -0.25) is 15.3 Å². The predicted molar refractivity (Wildman–Crippen MR) is 46.1 cm³/mol. The van der Waals surface area contributed by atoms with Crippen molar-refractivity contribution in [3.8, 4) is 0 Å². The molecule has 1 atom stereocenters. The van der Waals surface area contributed by atoms with Gasteiger partial charge in [-0.1, -0.05) is 0 Å². The van der Waals surface area contributed by atoms with Gasteiger partial charge < -0.3 is 16.2 Å². The smallest absolute Gasteiger partial charge is 0.325 e. The van der Waals surface area contributed by atoms with Crippen LogP contribution in [0, 0.1) is 0 Å². The number of nitrogens with two attached hydrogens (primary N) is 3. The van der Waals surface area contributed by atoms with E-state index in [-0.39, 0.29) is 6.42 Å². The quantitative estimate of drug-likeness (QED) is 0.364. The Kier molecular flexibility index (Phi) is 3.83. The Morgan fingerprint density at radius 3 is 2.23 bits per heavy atom. The summed E-state index contributed by atoms with van der Waals surface area (Å²) in [5, 5.41) is 0. The van der Waals surface area contributed by atoms with Crippen LogP contribution in [0.1, 0.15) is 20.3 Å². The summed E-state index contributed by atoms with van der Waals surface area (Å²) in [6.07, 6.45) is -0.241. The van der Waals surface area contributed by atoms with E-state index in [0.717, 1.165) is 0 Å². The van der Waals surface area contributed by atoms with Gasteiger partial charge in [-0.25, -0.2) is 0 Å². The van der Waals surface area contributed by atoms with Crippen molar-refractivity contribution >= 4 is 11.9 Å². The van der Waals surface area contributed by atoms with Gasteiger partial charge in [0.2, 0.25) is 5.91 Å². The molecule has 0 saturated heterocycles. The number of primary amides is 1. The predicted octanol–water partition coefficient (Wildman–Crippen LogP) is -1.57. The first-order valence-electron chi connectivity index (χ1n) is 3.78. The van der Waals surface area contributed by atoms with E-state index in [4.69, 9.17) is 21.9 Å². The monoisotopic (exact) mass is 189 g/mol. The number of hydrogen-bond donors (Lipinski definition) is 3. The second-order valence-electron chi connectivity index (χ2n) is 3.30. The van der Waals surface area contributed by atoms with Crippen LogP contribution < -0.4 is 17.2 Å². The number of esters is 1. The fourth-order valence-electron chi connectivity index (χ4n) is 0.635. The minimum Gasteiger partial charge on any atom is -0.444 e. The van der Waals surface area contributed by atoms with E-state index in [9.17, 15) is 9.59 Å². The number of rotatable bonds is 4. The molecule has 0 aromatic rings. The fraction of sp³-hybridized carbons (Fsp3) is 0.714. The van der Waals surface area contributed by atoms with Crippen molar-refractivity contribution in [3.05, 3.63) is 0 Å². The average molecular weight is 189 g/mol. The molecule has 6 heteroatoms. The summed E-state index contributed by atoms with van der Waals surface area (Å²) in [7, 11) is 0. The molecule has 0 radical (unpaired) electrons. The summed E-state index contributed by atoms with van der Waals surface area (Å²) in [6, 6.07) is -1.04. The van der Waals surface area contributed by atoms with Crippen molar-refractivity contribution in [2.75, 3.05) is 0 Å². The molecule has 0 aliphatic carbocycles. The standard InChI is InChI=1S/C7H15N3O3/c1-7(2,10)13-6(12)4(8)3-5(9)11/h4H,3,8,10H2,1-2H3,(H2,9,11)/t4-/m0/s1. The summed E-state index contributed by atoms with van der Waals surface area (Å²) in [5.74, 6) is -1.38. The third-order valence-electron chi connectivity index (χ3n) is 1.09. The van der Waals surface area contributed by atoms with Gasteiger partial charge in [0.1, 0.15) is 6.04 Å². The molecule has 0 spiro atoms. The lowest BCUT2D eigenvalue weighted by Crippen LogP contribution is -2.44. The minimum absolute atomic E-state index is 0.241. The van der Waals surface area contributed by atoms with E-state index in [0.29, 0.717) is 0 Å². The van der Waals surface area contributed by atoms with Crippen molar-refractivity contribution in [1.29, 1.82) is 0 Å². The summed E-state index contributed by atoms with van der Waals surface area (Å²) in [4.78, 5) is 21.4. The van der Waals surface area contributed by atoms with Gasteiger partial charge in [0.25, 0.3) is 0 Å². The molecule has 0 bridgehead atoms. The Labute approximate surface area is 76.4 Å². The highest BCUT2D eigenvalue weighted by atomic mass is 16.6. The first kappa shape index (κ1) is 11.9. The van der Waals surface area contributed by atoms with Gasteiger partial charge in [0, 0.05) is 0 Å². The second-order valence-corrected chi connectivity index (χ2v) is 3.30. The van der Waals surface area contributed by atoms with E-state index < -0.39 is 23.6 Å². The molecule has 0 aromatic heterocycles. The van der Waals surface area contributed by atoms with Gasteiger partial charge in [0.15, 0.2) is 5.72 Å². The Balaban J connectivity index is 4.05. The SMILES string of the molecule is CC(C)(N)OC(=O)[C@@H](N)CC(N)=O. The third kappa shape index (κ3) is 6.06. The van der Waals surface area contributed by atoms with Crippen molar-refractivity contribution in [1.82, 2.24) is 0 Å². The van der Waals surface area contributed by atoms with Crippen molar-refractivity contribution in [2.45, 2.75) is 32.0 Å². The van der Waals surface area contributed by atoms with E-state index in [1.165, 1.54) is 13.8 Å². The molecule has 0 aliphatic rings. The molecule has 0 heterocycles. The lowest BCUT2D eigenvalue weighted by molar-refractivity contribution is -0.158. The summed E-state index contributed by atoms with van der Waals surface area (Å²) in [6.45, 7) is 3.00. The van der Waals surface area contributed by atoms with Crippen LogP contribution in [0.2, 0.25) is 0 Å². The van der Waals surface area contributed by atoms with Crippen LogP contribution in [0.15, 0.2) is 0 Å². The Hall–Kier alpha value is -1.14.